The molecule has 0 aliphatic carbocycles. The Bertz CT molecular complexity index is 578. The molecule has 19 heavy (non-hydrogen) atoms. The molecule has 0 bridgehead atoms. The van der Waals surface area contributed by atoms with Gasteiger partial charge in [0.2, 0.25) is 0 Å². The molecule has 1 aromatic heterocycles. The number of pyridine rings is 1. The van der Waals surface area contributed by atoms with Crippen LogP contribution in [-0.4, -0.2) is 22.7 Å². The van der Waals surface area contributed by atoms with Crippen LogP contribution >= 0.6 is 0 Å². The van der Waals surface area contributed by atoms with E-state index in [2.05, 4.69) is 43.8 Å². The Balaban J connectivity index is 2.63. The standard InChI is InChI=1S/C16H22N2O/c1-5-16(2,3)18(4)15-14-9-7-6-8-13(14)12(11-19)10-17-15/h6-10,19H,5,11H2,1-4H3. The number of aliphatic hydroxyl groups excluding tert-OH is 1. The smallest absolute Gasteiger partial charge is 0.136 e. The molecule has 0 fully saturated rings. The molecule has 3 heteroatoms. The fourth-order valence-corrected chi connectivity index (χ4v) is 2.15. The van der Waals surface area contributed by atoms with Crippen molar-refractivity contribution in [2.75, 3.05) is 11.9 Å². The van der Waals surface area contributed by atoms with Crippen molar-refractivity contribution < 1.29 is 5.11 Å². The quantitative estimate of drug-likeness (QED) is 0.913. The summed E-state index contributed by atoms with van der Waals surface area (Å²) in [4.78, 5) is 6.78. The maximum absolute atomic E-state index is 9.42. The van der Waals surface area contributed by atoms with E-state index in [1.165, 1.54) is 0 Å². The van der Waals surface area contributed by atoms with Crippen LogP contribution in [0.15, 0.2) is 30.5 Å². The van der Waals surface area contributed by atoms with Crippen LogP contribution in [0.1, 0.15) is 32.8 Å². The molecule has 2 rings (SSSR count). The van der Waals surface area contributed by atoms with Gasteiger partial charge in [0, 0.05) is 29.7 Å². The van der Waals surface area contributed by atoms with E-state index in [0.29, 0.717) is 0 Å². The van der Waals surface area contributed by atoms with Crippen LogP contribution in [0.3, 0.4) is 0 Å². The van der Waals surface area contributed by atoms with Gasteiger partial charge >= 0.3 is 0 Å². The van der Waals surface area contributed by atoms with Crippen molar-refractivity contribution in [3.8, 4) is 0 Å². The number of anilines is 1. The van der Waals surface area contributed by atoms with Crippen molar-refractivity contribution in [1.29, 1.82) is 0 Å². The second-order valence-corrected chi connectivity index (χ2v) is 5.54. The molecule has 3 nitrogen and oxygen atoms in total. The summed E-state index contributed by atoms with van der Waals surface area (Å²) in [5.74, 6) is 0.972. The molecular weight excluding hydrogens is 236 g/mol. The minimum atomic E-state index is 0.0225. The monoisotopic (exact) mass is 258 g/mol. The predicted octanol–water partition coefficient (Wildman–Crippen LogP) is 3.35. The highest BCUT2D eigenvalue weighted by molar-refractivity contribution is 5.94. The second-order valence-electron chi connectivity index (χ2n) is 5.54. The van der Waals surface area contributed by atoms with Gasteiger partial charge in [0.05, 0.1) is 6.61 Å². The molecule has 1 aromatic carbocycles. The lowest BCUT2D eigenvalue weighted by atomic mass is 9.98. The summed E-state index contributed by atoms with van der Waals surface area (Å²) in [6.07, 6.45) is 2.82. The molecule has 0 unspecified atom stereocenters. The number of benzene rings is 1. The molecule has 1 N–H and O–H groups in total. The van der Waals surface area contributed by atoms with Crippen LogP contribution in [-0.2, 0) is 6.61 Å². The second kappa shape index (κ2) is 5.17. The molecular formula is C16H22N2O. The van der Waals surface area contributed by atoms with Crippen LogP contribution in [0.2, 0.25) is 0 Å². The summed E-state index contributed by atoms with van der Waals surface area (Å²) in [5.41, 5.74) is 0.929. The largest absolute Gasteiger partial charge is 0.392 e. The summed E-state index contributed by atoms with van der Waals surface area (Å²) in [5, 5.41) is 11.6. The van der Waals surface area contributed by atoms with E-state index in [0.717, 1.165) is 28.6 Å². The third kappa shape index (κ3) is 2.43. The predicted molar refractivity (Wildman–Crippen MR) is 80.4 cm³/mol. The molecule has 102 valence electrons. The van der Waals surface area contributed by atoms with Gasteiger partial charge in [0.15, 0.2) is 0 Å². The van der Waals surface area contributed by atoms with Gasteiger partial charge in [-0.3, -0.25) is 0 Å². The topological polar surface area (TPSA) is 36.4 Å². The van der Waals surface area contributed by atoms with E-state index in [1.807, 2.05) is 18.2 Å². The Hall–Kier alpha value is -1.61. The molecule has 0 saturated heterocycles. The summed E-state index contributed by atoms with van der Waals surface area (Å²) in [6, 6.07) is 8.12. The molecule has 0 saturated carbocycles. The molecule has 0 atom stereocenters. The van der Waals surface area contributed by atoms with Crippen LogP contribution < -0.4 is 4.90 Å². The minimum absolute atomic E-state index is 0.0225. The molecule has 0 radical (unpaired) electrons. The number of nitrogens with zero attached hydrogens (tertiary/aromatic N) is 2. The van der Waals surface area contributed by atoms with E-state index in [1.54, 1.807) is 6.20 Å². The van der Waals surface area contributed by atoms with E-state index >= 15 is 0 Å². The van der Waals surface area contributed by atoms with Gasteiger partial charge in [-0.05, 0) is 25.7 Å². The Morgan fingerprint density at radius 3 is 2.42 bits per heavy atom. The molecule has 0 aliphatic heterocycles. The summed E-state index contributed by atoms with van der Waals surface area (Å²) < 4.78 is 0. The molecule has 0 aliphatic rings. The maximum Gasteiger partial charge on any atom is 0.136 e. The lowest BCUT2D eigenvalue weighted by Gasteiger charge is -2.36. The summed E-state index contributed by atoms with van der Waals surface area (Å²) in [6.45, 7) is 6.63. The Labute approximate surface area is 114 Å². The van der Waals surface area contributed by atoms with Crippen molar-refractivity contribution in [2.45, 2.75) is 39.3 Å². The Kier molecular flexibility index (Phi) is 3.76. The minimum Gasteiger partial charge on any atom is -0.392 e. The first kappa shape index (κ1) is 13.8. The zero-order valence-electron chi connectivity index (χ0n) is 12.1. The fraction of sp³-hybridized carbons (Fsp3) is 0.438. The summed E-state index contributed by atoms with van der Waals surface area (Å²) in [7, 11) is 2.08. The molecule has 0 spiro atoms. The van der Waals surface area contributed by atoms with Crippen LogP contribution in [0.5, 0.6) is 0 Å². The first-order chi connectivity index (χ1) is 9.01. The van der Waals surface area contributed by atoms with Gasteiger partial charge in [0.25, 0.3) is 0 Å². The van der Waals surface area contributed by atoms with Crippen LogP contribution in [0, 0.1) is 0 Å². The van der Waals surface area contributed by atoms with E-state index in [9.17, 15) is 5.11 Å². The number of hydrogen-bond donors (Lipinski definition) is 1. The SMILES string of the molecule is CCC(C)(C)N(C)c1ncc(CO)c2ccccc12. The summed E-state index contributed by atoms with van der Waals surface area (Å²) >= 11 is 0. The van der Waals surface area contributed by atoms with Gasteiger partial charge in [0.1, 0.15) is 5.82 Å². The van der Waals surface area contributed by atoms with Crippen molar-refractivity contribution in [3.63, 3.8) is 0 Å². The number of fused-ring (bicyclic) bond motifs is 1. The first-order valence-electron chi connectivity index (χ1n) is 6.72. The van der Waals surface area contributed by atoms with Crippen molar-refractivity contribution in [3.05, 3.63) is 36.0 Å². The number of aliphatic hydroxyl groups is 1. The molecule has 0 amide bonds. The lowest BCUT2D eigenvalue weighted by molar-refractivity contribution is 0.283. The van der Waals surface area contributed by atoms with E-state index in [-0.39, 0.29) is 12.1 Å². The Morgan fingerprint density at radius 2 is 1.84 bits per heavy atom. The molecule has 1 heterocycles. The zero-order valence-corrected chi connectivity index (χ0v) is 12.1. The van der Waals surface area contributed by atoms with Gasteiger partial charge in [-0.15, -0.1) is 0 Å². The zero-order chi connectivity index (χ0) is 14.0. The third-order valence-electron chi connectivity index (χ3n) is 4.12. The van der Waals surface area contributed by atoms with E-state index < -0.39 is 0 Å². The van der Waals surface area contributed by atoms with Gasteiger partial charge in [-0.25, -0.2) is 4.98 Å². The molecule has 2 aromatic rings. The highest BCUT2D eigenvalue weighted by Gasteiger charge is 2.24. The average Bonchev–Trinajstić information content (AvgIpc) is 2.45. The maximum atomic E-state index is 9.42. The third-order valence-corrected chi connectivity index (χ3v) is 4.12. The van der Waals surface area contributed by atoms with Gasteiger partial charge < -0.3 is 10.0 Å². The Morgan fingerprint density at radius 1 is 1.21 bits per heavy atom. The normalized spacial score (nSPS) is 11.8. The van der Waals surface area contributed by atoms with Crippen molar-refractivity contribution >= 4 is 16.6 Å². The number of hydrogen-bond acceptors (Lipinski definition) is 3. The number of rotatable bonds is 4. The first-order valence-corrected chi connectivity index (χ1v) is 6.72. The van der Waals surface area contributed by atoms with Crippen LogP contribution in [0.25, 0.3) is 10.8 Å². The van der Waals surface area contributed by atoms with Crippen molar-refractivity contribution in [1.82, 2.24) is 4.98 Å². The van der Waals surface area contributed by atoms with Crippen LogP contribution in [0.4, 0.5) is 5.82 Å². The van der Waals surface area contributed by atoms with Crippen molar-refractivity contribution in [2.24, 2.45) is 0 Å². The van der Waals surface area contributed by atoms with Gasteiger partial charge in [-0.1, -0.05) is 31.2 Å². The highest BCUT2D eigenvalue weighted by Crippen LogP contribution is 2.31. The van der Waals surface area contributed by atoms with Gasteiger partial charge in [-0.2, -0.15) is 0 Å². The highest BCUT2D eigenvalue weighted by atomic mass is 16.3. The fourth-order valence-electron chi connectivity index (χ4n) is 2.15. The average molecular weight is 258 g/mol. The number of aromatic nitrogens is 1. The van der Waals surface area contributed by atoms with E-state index in [4.69, 9.17) is 0 Å². The lowest BCUT2D eigenvalue weighted by Crippen LogP contribution is -2.41.